The summed E-state index contributed by atoms with van der Waals surface area (Å²) in [6.07, 6.45) is 3.49. The van der Waals surface area contributed by atoms with Crippen molar-refractivity contribution in [1.82, 2.24) is 9.88 Å². The average Bonchev–Trinajstić information content (AvgIpc) is 3.05. The Labute approximate surface area is 118 Å². The summed E-state index contributed by atoms with van der Waals surface area (Å²) < 4.78 is 0. The zero-order valence-corrected chi connectivity index (χ0v) is 11.7. The highest BCUT2D eigenvalue weighted by atomic mass is 16.4. The molecule has 0 radical (unpaired) electrons. The quantitative estimate of drug-likeness (QED) is 0.899. The molecule has 1 fully saturated rings. The Morgan fingerprint density at radius 2 is 2.25 bits per heavy atom. The first kappa shape index (κ1) is 13.2. The lowest BCUT2D eigenvalue weighted by Gasteiger charge is -2.23. The van der Waals surface area contributed by atoms with E-state index in [1.807, 2.05) is 25.3 Å². The van der Waals surface area contributed by atoms with Gasteiger partial charge in [0, 0.05) is 30.2 Å². The van der Waals surface area contributed by atoms with Crippen molar-refractivity contribution in [2.45, 2.75) is 26.3 Å². The molecule has 2 aromatic rings. The normalized spacial score (nSPS) is 23.4. The van der Waals surface area contributed by atoms with Crippen LogP contribution in [0.25, 0.3) is 10.9 Å². The van der Waals surface area contributed by atoms with Crippen LogP contribution in [0.1, 0.15) is 25.3 Å². The van der Waals surface area contributed by atoms with E-state index in [0.717, 1.165) is 25.0 Å². The fourth-order valence-electron chi connectivity index (χ4n) is 3.21. The highest BCUT2D eigenvalue weighted by Crippen LogP contribution is 2.35. The maximum absolute atomic E-state index is 11.5. The number of H-pyrrole nitrogens is 1. The van der Waals surface area contributed by atoms with E-state index in [1.54, 1.807) is 0 Å². The Hall–Kier alpha value is -1.81. The van der Waals surface area contributed by atoms with Crippen LogP contribution in [-0.4, -0.2) is 34.0 Å². The number of nitrogens with zero attached hydrogens (tertiary/aromatic N) is 1. The SMILES string of the molecule is CCC1(C(=O)O)CCN(Cc2c[nH]c3ccccc23)C1. The van der Waals surface area contributed by atoms with E-state index in [4.69, 9.17) is 0 Å². The lowest BCUT2D eigenvalue weighted by molar-refractivity contribution is -0.148. The van der Waals surface area contributed by atoms with Gasteiger partial charge in [-0.1, -0.05) is 25.1 Å². The Morgan fingerprint density at radius 1 is 1.45 bits per heavy atom. The lowest BCUT2D eigenvalue weighted by atomic mass is 9.84. The highest BCUT2D eigenvalue weighted by Gasteiger charge is 2.43. The van der Waals surface area contributed by atoms with E-state index in [-0.39, 0.29) is 0 Å². The van der Waals surface area contributed by atoms with Gasteiger partial charge in [0.15, 0.2) is 0 Å². The van der Waals surface area contributed by atoms with E-state index in [1.165, 1.54) is 10.9 Å². The van der Waals surface area contributed by atoms with E-state index < -0.39 is 11.4 Å². The molecule has 1 atom stereocenters. The van der Waals surface area contributed by atoms with Gasteiger partial charge in [0.2, 0.25) is 0 Å². The molecule has 20 heavy (non-hydrogen) atoms. The summed E-state index contributed by atoms with van der Waals surface area (Å²) in [6.45, 7) is 4.31. The summed E-state index contributed by atoms with van der Waals surface area (Å²) in [5.41, 5.74) is 1.84. The molecule has 3 rings (SSSR count). The topological polar surface area (TPSA) is 56.3 Å². The molecule has 1 aromatic heterocycles. The van der Waals surface area contributed by atoms with Gasteiger partial charge in [0.25, 0.3) is 0 Å². The number of nitrogens with one attached hydrogen (secondary N) is 1. The molecule has 0 bridgehead atoms. The molecule has 0 spiro atoms. The maximum Gasteiger partial charge on any atom is 0.310 e. The highest BCUT2D eigenvalue weighted by molar-refractivity contribution is 5.83. The van der Waals surface area contributed by atoms with Gasteiger partial charge in [0.05, 0.1) is 5.41 Å². The number of carboxylic acids is 1. The molecule has 2 N–H and O–H groups in total. The van der Waals surface area contributed by atoms with Crippen molar-refractivity contribution in [3.05, 3.63) is 36.0 Å². The van der Waals surface area contributed by atoms with Gasteiger partial charge in [-0.3, -0.25) is 9.69 Å². The standard InChI is InChI=1S/C16H20N2O2/c1-2-16(15(19)20)7-8-18(11-16)10-12-9-17-14-6-4-3-5-13(12)14/h3-6,9,17H,2,7-8,10-11H2,1H3,(H,19,20). The van der Waals surface area contributed by atoms with Gasteiger partial charge in [-0.25, -0.2) is 0 Å². The molecule has 0 amide bonds. The Morgan fingerprint density at radius 3 is 2.95 bits per heavy atom. The van der Waals surface area contributed by atoms with E-state index in [0.29, 0.717) is 13.0 Å². The number of hydrogen-bond acceptors (Lipinski definition) is 2. The number of likely N-dealkylation sites (tertiary alicyclic amines) is 1. The summed E-state index contributed by atoms with van der Waals surface area (Å²) in [5, 5.41) is 10.7. The molecule has 1 unspecified atom stereocenters. The van der Waals surface area contributed by atoms with Crippen molar-refractivity contribution in [3.8, 4) is 0 Å². The first-order chi connectivity index (χ1) is 9.64. The Balaban J connectivity index is 1.78. The van der Waals surface area contributed by atoms with E-state index in [2.05, 4.69) is 22.0 Å². The molecule has 1 aliphatic rings. The second-order valence-corrected chi connectivity index (χ2v) is 5.76. The zero-order valence-electron chi connectivity index (χ0n) is 11.7. The smallest absolute Gasteiger partial charge is 0.310 e. The molecule has 4 nitrogen and oxygen atoms in total. The second-order valence-electron chi connectivity index (χ2n) is 5.76. The molecule has 1 aliphatic heterocycles. The monoisotopic (exact) mass is 272 g/mol. The minimum absolute atomic E-state index is 0.549. The third-order valence-corrected chi connectivity index (χ3v) is 4.63. The van der Waals surface area contributed by atoms with Gasteiger partial charge in [0.1, 0.15) is 0 Å². The van der Waals surface area contributed by atoms with Gasteiger partial charge >= 0.3 is 5.97 Å². The number of para-hydroxylation sites is 1. The van der Waals surface area contributed by atoms with Crippen LogP contribution >= 0.6 is 0 Å². The van der Waals surface area contributed by atoms with Crippen molar-refractivity contribution >= 4 is 16.9 Å². The minimum Gasteiger partial charge on any atom is -0.481 e. The van der Waals surface area contributed by atoms with Crippen molar-refractivity contribution in [2.24, 2.45) is 5.41 Å². The third-order valence-electron chi connectivity index (χ3n) is 4.63. The predicted molar refractivity (Wildman–Crippen MR) is 78.6 cm³/mol. The largest absolute Gasteiger partial charge is 0.481 e. The van der Waals surface area contributed by atoms with Crippen molar-refractivity contribution in [2.75, 3.05) is 13.1 Å². The van der Waals surface area contributed by atoms with Gasteiger partial charge in [-0.2, -0.15) is 0 Å². The number of hydrogen-bond donors (Lipinski definition) is 2. The molecular weight excluding hydrogens is 252 g/mol. The van der Waals surface area contributed by atoms with Crippen LogP contribution in [0.4, 0.5) is 0 Å². The molecule has 0 saturated carbocycles. The summed E-state index contributed by atoms with van der Waals surface area (Å²) in [5.74, 6) is -0.651. The molecule has 1 saturated heterocycles. The van der Waals surface area contributed by atoms with Gasteiger partial charge < -0.3 is 10.1 Å². The summed E-state index contributed by atoms with van der Waals surface area (Å²) in [7, 11) is 0. The van der Waals surface area contributed by atoms with Gasteiger partial charge in [-0.15, -0.1) is 0 Å². The molecule has 2 heterocycles. The number of benzene rings is 1. The number of fused-ring (bicyclic) bond motifs is 1. The summed E-state index contributed by atoms with van der Waals surface area (Å²) in [6, 6.07) is 8.24. The number of carboxylic acid groups (broad SMARTS) is 1. The third kappa shape index (κ3) is 2.10. The number of aliphatic carboxylic acids is 1. The van der Waals surface area contributed by atoms with Gasteiger partial charge in [-0.05, 0) is 31.0 Å². The lowest BCUT2D eigenvalue weighted by Crippen LogP contribution is -2.33. The van der Waals surface area contributed by atoms with Crippen LogP contribution < -0.4 is 0 Å². The molecule has 0 aliphatic carbocycles. The molecule has 106 valence electrons. The van der Waals surface area contributed by atoms with Crippen LogP contribution in [0.3, 0.4) is 0 Å². The average molecular weight is 272 g/mol. The zero-order chi connectivity index (χ0) is 14.2. The van der Waals surface area contributed by atoms with Crippen LogP contribution in [-0.2, 0) is 11.3 Å². The van der Waals surface area contributed by atoms with E-state index in [9.17, 15) is 9.90 Å². The Kier molecular flexibility index (Phi) is 3.26. The van der Waals surface area contributed by atoms with E-state index >= 15 is 0 Å². The first-order valence-corrected chi connectivity index (χ1v) is 7.15. The van der Waals surface area contributed by atoms with Crippen molar-refractivity contribution in [1.29, 1.82) is 0 Å². The van der Waals surface area contributed by atoms with Crippen LogP contribution in [0.2, 0.25) is 0 Å². The number of rotatable bonds is 4. The van der Waals surface area contributed by atoms with Crippen molar-refractivity contribution < 1.29 is 9.90 Å². The molecule has 4 heteroatoms. The summed E-state index contributed by atoms with van der Waals surface area (Å²) in [4.78, 5) is 17.0. The second kappa shape index (κ2) is 4.94. The molecular formula is C16H20N2O2. The van der Waals surface area contributed by atoms with Crippen LogP contribution in [0.5, 0.6) is 0 Å². The fourth-order valence-corrected chi connectivity index (χ4v) is 3.21. The van der Waals surface area contributed by atoms with Crippen LogP contribution in [0, 0.1) is 5.41 Å². The van der Waals surface area contributed by atoms with Crippen LogP contribution in [0.15, 0.2) is 30.5 Å². The maximum atomic E-state index is 11.5. The molecule has 1 aromatic carbocycles. The predicted octanol–water partition coefficient (Wildman–Crippen LogP) is 2.85. The minimum atomic E-state index is -0.651. The first-order valence-electron chi connectivity index (χ1n) is 7.15. The summed E-state index contributed by atoms with van der Waals surface area (Å²) >= 11 is 0. The number of aromatic amines is 1. The fraction of sp³-hybridized carbons (Fsp3) is 0.438. The Bertz CT molecular complexity index is 634. The van der Waals surface area contributed by atoms with Crippen molar-refractivity contribution in [3.63, 3.8) is 0 Å². The number of aromatic nitrogens is 1. The number of carbonyl (C=O) groups is 1.